The molecule has 1 aromatic carbocycles. The molecular formula is C14H18N2O. The maximum Gasteiger partial charge on any atom is 0.174 e. The van der Waals surface area contributed by atoms with Crippen molar-refractivity contribution >= 4 is 0 Å². The molecule has 2 rings (SSSR count). The van der Waals surface area contributed by atoms with Crippen LogP contribution in [0.3, 0.4) is 0 Å². The van der Waals surface area contributed by atoms with Crippen molar-refractivity contribution in [2.45, 2.75) is 32.2 Å². The minimum absolute atomic E-state index is 0.128. The van der Waals surface area contributed by atoms with Crippen molar-refractivity contribution in [3.63, 3.8) is 0 Å². The van der Waals surface area contributed by atoms with Gasteiger partial charge in [0, 0.05) is 6.04 Å². The Labute approximate surface area is 102 Å². The Balaban J connectivity index is 2.14. The van der Waals surface area contributed by atoms with Crippen LogP contribution in [0, 0.1) is 11.3 Å². The van der Waals surface area contributed by atoms with Crippen LogP contribution < -0.4 is 10.1 Å². The van der Waals surface area contributed by atoms with E-state index in [2.05, 4.69) is 18.3 Å². The zero-order valence-electron chi connectivity index (χ0n) is 10.2. The molecule has 0 aromatic heterocycles. The SMILES string of the molecule is CCCNC1CCc2c(OCC#N)cccc21. The van der Waals surface area contributed by atoms with Crippen LogP contribution >= 0.6 is 0 Å². The summed E-state index contributed by atoms with van der Waals surface area (Å²) in [5.41, 5.74) is 2.62. The van der Waals surface area contributed by atoms with Gasteiger partial charge >= 0.3 is 0 Å². The number of fused-ring (bicyclic) bond motifs is 1. The molecule has 0 saturated heterocycles. The lowest BCUT2D eigenvalue weighted by molar-refractivity contribution is 0.364. The number of nitriles is 1. The van der Waals surface area contributed by atoms with Crippen molar-refractivity contribution in [2.24, 2.45) is 0 Å². The largest absolute Gasteiger partial charge is 0.478 e. The van der Waals surface area contributed by atoms with E-state index in [4.69, 9.17) is 10.00 Å². The second-order valence-corrected chi connectivity index (χ2v) is 4.32. The lowest BCUT2D eigenvalue weighted by Gasteiger charge is -2.14. The standard InChI is InChI=1S/C14H18N2O/c1-2-9-16-13-7-6-12-11(13)4-3-5-14(12)17-10-8-15/h3-5,13,16H,2,6-7,9-10H2,1H3. The highest BCUT2D eigenvalue weighted by molar-refractivity contribution is 5.45. The second kappa shape index (κ2) is 5.70. The van der Waals surface area contributed by atoms with E-state index in [9.17, 15) is 0 Å². The summed E-state index contributed by atoms with van der Waals surface area (Å²) in [6.07, 6.45) is 3.32. The van der Waals surface area contributed by atoms with Crippen molar-refractivity contribution in [1.82, 2.24) is 5.32 Å². The van der Waals surface area contributed by atoms with Crippen LogP contribution in [0.5, 0.6) is 5.75 Å². The van der Waals surface area contributed by atoms with E-state index < -0.39 is 0 Å². The molecule has 0 radical (unpaired) electrons. The average Bonchev–Trinajstić information content (AvgIpc) is 2.77. The van der Waals surface area contributed by atoms with Gasteiger partial charge in [-0.05, 0) is 43.0 Å². The molecule has 0 bridgehead atoms. The predicted octanol–water partition coefficient (Wildman–Crippen LogP) is 2.58. The Bertz CT molecular complexity index is 423. The molecule has 3 nitrogen and oxygen atoms in total. The molecular weight excluding hydrogens is 212 g/mol. The van der Waals surface area contributed by atoms with Crippen LogP contribution in [0.25, 0.3) is 0 Å². The summed E-state index contributed by atoms with van der Waals surface area (Å²) in [7, 11) is 0. The van der Waals surface area contributed by atoms with E-state index in [1.54, 1.807) is 0 Å². The Morgan fingerprint density at radius 3 is 3.18 bits per heavy atom. The summed E-state index contributed by atoms with van der Waals surface area (Å²) >= 11 is 0. The highest BCUT2D eigenvalue weighted by Gasteiger charge is 2.24. The molecule has 0 heterocycles. The number of nitrogens with zero attached hydrogens (tertiary/aromatic N) is 1. The lowest BCUT2D eigenvalue weighted by Crippen LogP contribution is -2.19. The molecule has 0 amide bonds. The normalized spacial score (nSPS) is 17.5. The highest BCUT2D eigenvalue weighted by Crippen LogP contribution is 2.36. The van der Waals surface area contributed by atoms with Gasteiger partial charge in [0.05, 0.1) is 0 Å². The minimum atomic E-state index is 0.128. The third-order valence-corrected chi connectivity index (χ3v) is 3.16. The van der Waals surface area contributed by atoms with E-state index >= 15 is 0 Å². The van der Waals surface area contributed by atoms with E-state index in [1.165, 1.54) is 11.1 Å². The fourth-order valence-corrected chi connectivity index (χ4v) is 2.40. The maximum absolute atomic E-state index is 8.56. The van der Waals surface area contributed by atoms with Gasteiger partial charge in [-0.25, -0.2) is 0 Å². The Kier molecular flexibility index (Phi) is 4.00. The predicted molar refractivity (Wildman–Crippen MR) is 66.9 cm³/mol. The second-order valence-electron chi connectivity index (χ2n) is 4.32. The van der Waals surface area contributed by atoms with E-state index in [0.29, 0.717) is 6.04 Å². The summed E-state index contributed by atoms with van der Waals surface area (Å²) in [5.74, 6) is 0.879. The molecule has 1 aliphatic rings. The van der Waals surface area contributed by atoms with Crippen molar-refractivity contribution < 1.29 is 4.74 Å². The quantitative estimate of drug-likeness (QED) is 0.845. The molecule has 1 unspecified atom stereocenters. The molecule has 0 saturated carbocycles. The lowest BCUT2D eigenvalue weighted by atomic mass is 10.1. The molecule has 3 heteroatoms. The first-order valence-corrected chi connectivity index (χ1v) is 6.21. The summed E-state index contributed by atoms with van der Waals surface area (Å²) in [5, 5.41) is 12.1. The number of hydrogen-bond donors (Lipinski definition) is 1. The number of benzene rings is 1. The van der Waals surface area contributed by atoms with Gasteiger partial charge in [0.25, 0.3) is 0 Å². The van der Waals surface area contributed by atoms with Crippen LogP contribution in [-0.4, -0.2) is 13.2 Å². The van der Waals surface area contributed by atoms with Crippen molar-refractivity contribution in [2.75, 3.05) is 13.2 Å². The van der Waals surface area contributed by atoms with Gasteiger partial charge in [0.1, 0.15) is 11.8 Å². The molecule has 17 heavy (non-hydrogen) atoms. The maximum atomic E-state index is 8.56. The van der Waals surface area contributed by atoms with Gasteiger partial charge in [0.15, 0.2) is 6.61 Å². The van der Waals surface area contributed by atoms with Crippen molar-refractivity contribution in [1.29, 1.82) is 5.26 Å². The van der Waals surface area contributed by atoms with Gasteiger partial charge in [-0.1, -0.05) is 19.1 Å². The first kappa shape index (κ1) is 11.9. The van der Waals surface area contributed by atoms with Gasteiger partial charge in [-0.2, -0.15) is 5.26 Å². The highest BCUT2D eigenvalue weighted by atomic mass is 16.5. The Hall–Kier alpha value is -1.53. The van der Waals surface area contributed by atoms with Crippen LogP contribution in [0.2, 0.25) is 0 Å². The third kappa shape index (κ3) is 2.59. The summed E-state index contributed by atoms with van der Waals surface area (Å²) in [6.45, 7) is 3.35. The molecule has 0 fully saturated rings. The van der Waals surface area contributed by atoms with Crippen molar-refractivity contribution in [3.05, 3.63) is 29.3 Å². The fraction of sp³-hybridized carbons (Fsp3) is 0.500. The third-order valence-electron chi connectivity index (χ3n) is 3.16. The zero-order valence-corrected chi connectivity index (χ0v) is 10.2. The zero-order chi connectivity index (χ0) is 12.1. The number of nitrogens with one attached hydrogen (secondary N) is 1. The van der Waals surface area contributed by atoms with Crippen LogP contribution in [0.1, 0.15) is 36.9 Å². The smallest absolute Gasteiger partial charge is 0.174 e. The van der Waals surface area contributed by atoms with E-state index in [1.807, 2.05) is 18.2 Å². The minimum Gasteiger partial charge on any atom is -0.478 e. The van der Waals surface area contributed by atoms with Gasteiger partial charge in [-0.3, -0.25) is 0 Å². The molecule has 1 atom stereocenters. The summed E-state index contributed by atoms with van der Waals surface area (Å²) < 4.78 is 5.46. The molecule has 1 N–H and O–H groups in total. The van der Waals surface area contributed by atoms with Crippen LogP contribution in [0.15, 0.2) is 18.2 Å². The molecule has 90 valence electrons. The van der Waals surface area contributed by atoms with E-state index in [-0.39, 0.29) is 6.61 Å². The molecule has 0 spiro atoms. The average molecular weight is 230 g/mol. The first-order chi connectivity index (χ1) is 8.36. The number of rotatable bonds is 5. The monoisotopic (exact) mass is 230 g/mol. The Morgan fingerprint density at radius 1 is 1.53 bits per heavy atom. The van der Waals surface area contributed by atoms with Crippen LogP contribution in [0.4, 0.5) is 0 Å². The molecule has 1 aromatic rings. The van der Waals surface area contributed by atoms with E-state index in [0.717, 1.165) is 31.6 Å². The van der Waals surface area contributed by atoms with Crippen LogP contribution in [-0.2, 0) is 6.42 Å². The molecule has 0 aliphatic heterocycles. The molecule has 1 aliphatic carbocycles. The van der Waals surface area contributed by atoms with Gasteiger partial charge in [0.2, 0.25) is 0 Å². The number of ether oxygens (including phenoxy) is 1. The summed E-state index contributed by atoms with van der Waals surface area (Å²) in [4.78, 5) is 0. The first-order valence-electron chi connectivity index (χ1n) is 6.21. The fourth-order valence-electron chi connectivity index (χ4n) is 2.40. The number of hydrogen-bond acceptors (Lipinski definition) is 3. The van der Waals surface area contributed by atoms with Crippen molar-refractivity contribution in [3.8, 4) is 11.8 Å². The Morgan fingerprint density at radius 2 is 2.41 bits per heavy atom. The topological polar surface area (TPSA) is 45.0 Å². The summed E-state index contributed by atoms with van der Waals surface area (Å²) in [6, 6.07) is 8.60. The van der Waals surface area contributed by atoms with Gasteiger partial charge in [-0.15, -0.1) is 0 Å². The van der Waals surface area contributed by atoms with Gasteiger partial charge < -0.3 is 10.1 Å².